The van der Waals surface area contributed by atoms with E-state index < -0.39 is 0 Å². The molecule has 1 unspecified atom stereocenters. The summed E-state index contributed by atoms with van der Waals surface area (Å²) in [6, 6.07) is 9.88. The Morgan fingerprint density at radius 3 is 2.74 bits per heavy atom. The fourth-order valence-electron chi connectivity index (χ4n) is 1.70. The predicted molar refractivity (Wildman–Crippen MR) is 78.9 cm³/mol. The lowest BCUT2D eigenvalue weighted by molar-refractivity contribution is -0.117. The third kappa shape index (κ3) is 4.03. The molecular formula is C15H16N2OS. The van der Waals surface area contributed by atoms with Crippen LogP contribution in [0.15, 0.2) is 41.8 Å². The Labute approximate surface area is 117 Å². The maximum atomic E-state index is 11.8. The number of carbonyl (C=O) groups is 1. The van der Waals surface area contributed by atoms with Gasteiger partial charge in [0.2, 0.25) is 5.91 Å². The average Bonchev–Trinajstić information content (AvgIpc) is 2.83. The maximum absolute atomic E-state index is 11.8. The quantitative estimate of drug-likeness (QED) is 0.867. The lowest BCUT2D eigenvalue weighted by atomic mass is 10.1. The van der Waals surface area contributed by atoms with E-state index in [2.05, 4.69) is 10.3 Å². The van der Waals surface area contributed by atoms with Crippen molar-refractivity contribution in [3.8, 4) is 0 Å². The number of carbonyl (C=O) groups excluding carboxylic acids is 1. The van der Waals surface area contributed by atoms with Gasteiger partial charge in [-0.3, -0.25) is 4.79 Å². The smallest absolute Gasteiger partial charge is 0.244 e. The number of amides is 1. The minimum Gasteiger partial charge on any atom is -0.346 e. The topological polar surface area (TPSA) is 42.0 Å². The normalized spacial score (nSPS) is 12.5. The molecule has 1 heterocycles. The molecule has 0 spiro atoms. The number of nitrogens with one attached hydrogen (secondary N) is 1. The van der Waals surface area contributed by atoms with E-state index in [1.54, 1.807) is 17.4 Å². The number of thiazole rings is 1. The van der Waals surface area contributed by atoms with E-state index in [0.29, 0.717) is 0 Å². The number of hydrogen-bond acceptors (Lipinski definition) is 3. The molecule has 0 saturated carbocycles. The van der Waals surface area contributed by atoms with Gasteiger partial charge in [0.15, 0.2) is 0 Å². The number of aromatic nitrogens is 1. The van der Waals surface area contributed by atoms with Crippen LogP contribution >= 0.6 is 11.3 Å². The minimum atomic E-state index is -0.109. The van der Waals surface area contributed by atoms with E-state index in [-0.39, 0.29) is 11.9 Å². The monoisotopic (exact) mass is 272 g/mol. The van der Waals surface area contributed by atoms with Gasteiger partial charge in [0.25, 0.3) is 0 Å². The Morgan fingerprint density at radius 2 is 2.11 bits per heavy atom. The van der Waals surface area contributed by atoms with Crippen molar-refractivity contribution in [3.63, 3.8) is 0 Å². The van der Waals surface area contributed by atoms with Crippen molar-refractivity contribution in [1.82, 2.24) is 10.3 Å². The first-order chi connectivity index (χ1) is 9.15. The number of aryl methyl sites for hydroxylation is 1. The molecule has 98 valence electrons. The number of hydrogen-bond donors (Lipinski definition) is 1. The van der Waals surface area contributed by atoms with E-state index in [0.717, 1.165) is 16.3 Å². The first kappa shape index (κ1) is 13.5. The molecule has 2 rings (SSSR count). The highest BCUT2D eigenvalue weighted by atomic mass is 32.1. The second-order valence-electron chi connectivity index (χ2n) is 4.27. The van der Waals surface area contributed by atoms with Crippen LogP contribution in [0.2, 0.25) is 0 Å². The Morgan fingerprint density at radius 1 is 1.37 bits per heavy atom. The lowest BCUT2D eigenvalue weighted by Gasteiger charge is -2.12. The molecule has 4 heteroatoms. The Balaban J connectivity index is 1.93. The standard InChI is InChI=1S/C15H16N2OS/c1-11(13-6-4-3-5-7-13)16-15(18)9-8-14-10-19-12(2)17-14/h3-11H,1-2H3,(H,16,18). The van der Waals surface area contributed by atoms with Crippen LogP contribution in [0.1, 0.15) is 29.2 Å². The van der Waals surface area contributed by atoms with Gasteiger partial charge in [-0.2, -0.15) is 0 Å². The summed E-state index contributed by atoms with van der Waals surface area (Å²) in [4.78, 5) is 16.1. The van der Waals surface area contributed by atoms with Gasteiger partial charge in [0.05, 0.1) is 16.7 Å². The van der Waals surface area contributed by atoms with Crippen LogP contribution in [-0.4, -0.2) is 10.9 Å². The molecule has 1 aromatic heterocycles. The second-order valence-corrected chi connectivity index (χ2v) is 5.33. The van der Waals surface area contributed by atoms with Crippen molar-refractivity contribution in [2.45, 2.75) is 19.9 Å². The fraction of sp³-hybridized carbons (Fsp3) is 0.200. The number of nitrogens with zero attached hydrogens (tertiary/aromatic N) is 1. The van der Waals surface area contributed by atoms with Gasteiger partial charge in [-0.1, -0.05) is 30.3 Å². The van der Waals surface area contributed by atoms with Crippen LogP contribution in [0.4, 0.5) is 0 Å². The van der Waals surface area contributed by atoms with Crippen LogP contribution in [0.5, 0.6) is 0 Å². The third-order valence-electron chi connectivity index (χ3n) is 2.70. The molecule has 0 aliphatic heterocycles. The van der Waals surface area contributed by atoms with E-state index in [1.807, 2.05) is 49.6 Å². The number of benzene rings is 1. The highest BCUT2D eigenvalue weighted by Gasteiger charge is 2.06. The van der Waals surface area contributed by atoms with Crippen molar-refractivity contribution in [1.29, 1.82) is 0 Å². The molecular weight excluding hydrogens is 256 g/mol. The van der Waals surface area contributed by atoms with Gasteiger partial charge >= 0.3 is 0 Å². The van der Waals surface area contributed by atoms with Gasteiger partial charge < -0.3 is 5.32 Å². The van der Waals surface area contributed by atoms with Gasteiger partial charge in [-0.25, -0.2) is 4.98 Å². The molecule has 3 nitrogen and oxygen atoms in total. The summed E-state index contributed by atoms with van der Waals surface area (Å²) in [5, 5.41) is 5.85. The summed E-state index contributed by atoms with van der Waals surface area (Å²) >= 11 is 1.57. The van der Waals surface area contributed by atoms with Crippen LogP contribution in [0.25, 0.3) is 6.08 Å². The molecule has 0 aliphatic carbocycles. The zero-order chi connectivity index (χ0) is 13.7. The summed E-state index contributed by atoms with van der Waals surface area (Å²) in [5.74, 6) is -0.109. The summed E-state index contributed by atoms with van der Waals surface area (Å²) < 4.78 is 0. The highest BCUT2D eigenvalue weighted by Crippen LogP contribution is 2.12. The van der Waals surface area contributed by atoms with Crippen molar-refractivity contribution < 1.29 is 4.79 Å². The van der Waals surface area contributed by atoms with Gasteiger partial charge in [-0.15, -0.1) is 11.3 Å². The molecule has 0 fully saturated rings. The second kappa shape index (κ2) is 6.29. The van der Waals surface area contributed by atoms with Crippen molar-refractivity contribution >= 4 is 23.3 Å². The zero-order valence-corrected chi connectivity index (χ0v) is 11.8. The highest BCUT2D eigenvalue weighted by molar-refractivity contribution is 7.09. The summed E-state index contributed by atoms with van der Waals surface area (Å²) in [6.45, 7) is 3.91. The molecule has 0 saturated heterocycles. The van der Waals surface area contributed by atoms with E-state index in [9.17, 15) is 4.79 Å². The molecule has 1 amide bonds. The molecule has 0 radical (unpaired) electrons. The van der Waals surface area contributed by atoms with E-state index in [4.69, 9.17) is 0 Å². The zero-order valence-electron chi connectivity index (χ0n) is 11.0. The van der Waals surface area contributed by atoms with Gasteiger partial charge in [0, 0.05) is 11.5 Å². The first-order valence-corrected chi connectivity index (χ1v) is 6.99. The molecule has 0 aliphatic rings. The molecule has 1 N–H and O–H groups in total. The molecule has 1 atom stereocenters. The fourth-order valence-corrected chi connectivity index (χ4v) is 2.29. The van der Waals surface area contributed by atoms with E-state index in [1.165, 1.54) is 6.08 Å². The average molecular weight is 272 g/mol. The Hall–Kier alpha value is -1.94. The summed E-state index contributed by atoms with van der Waals surface area (Å²) in [6.07, 6.45) is 3.25. The van der Waals surface area contributed by atoms with Crippen LogP contribution < -0.4 is 5.32 Å². The van der Waals surface area contributed by atoms with Crippen LogP contribution in [0, 0.1) is 6.92 Å². The van der Waals surface area contributed by atoms with Gasteiger partial charge in [0.1, 0.15) is 0 Å². The summed E-state index contributed by atoms with van der Waals surface area (Å²) in [7, 11) is 0. The SMILES string of the molecule is Cc1nc(C=CC(=O)NC(C)c2ccccc2)cs1. The van der Waals surface area contributed by atoms with Crippen molar-refractivity contribution in [2.24, 2.45) is 0 Å². The minimum absolute atomic E-state index is 0.00415. The maximum Gasteiger partial charge on any atom is 0.244 e. The molecule has 1 aromatic carbocycles. The first-order valence-electron chi connectivity index (χ1n) is 6.11. The lowest BCUT2D eigenvalue weighted by Crippen LogP contribution is -2.24. The predicted octanol–water partition coefficient (Wildman–Crippen LogP) is 3.34. The Bertz CT molecular complexity index is 575. The Kier molecular flexibility index (Phi) is 4.47. The van der Waals surface area contributed by atoms with Crippen molar-refractivity contribution in [2.75, 3.05) is 0 Å². The van der Waals surface area contributed by atoms with Crippen LogP contribution in [-0.2, 0) is 4.79 Å². The van der Waals surface area contributed by atoms with E-state index >= 15 is 0 Å². The third-order valence-corrected chi connectivity index (χ3v) is 3.49. The largest absolute Gasteiger partial charge is 0.346 e. The number of rotatable bonds is 4. The molecule has 19 heavy (non-hydrogen) atoms. The van der Waals surface area contributed by atoms with Crippen molar-refractivity contribution in [3.05, 3.63) is 58.1 Å². The summed E-state index contributed by atoms with van der Waals surface area (Å²) in [5.41, 5.74) is 1.92. The van der Waals surface area contributed by atoms with Crippen LogP contribution in [0.3, 0.4) is 0 Å². The molecule has 2 aromatic rings. The molecule has 0 bridgehead atoms. The van der Waals surface area contributed by atoms with Gasteiger partial charge in [-0.05, 0) is 25.5 Å².